The van der Waals surface area contributed by atoms with Crippen molar-refractivity contribution in [1.29, 1.82) is 0 Å². The zero-order valence-corrected chi connectivity index (χ0v) is 6.16. The largest absolute Gasteiger partial charge is 0.351 e. The number of rotatable bonds is 2. The lowest BCUT2D eigenvalue weighted by atomic mass is 10.1. The van der Waals surface area contributed by atoms with Crippen LogP contribution in [0.4, 0.5) is 6.01 Å². The lowest BCUT2D eigenvalue weighted by Crippen LogP contribution is -1.96. The highest BCUT2D eigenvalue weighted by atomic mass is 16.5. The average molecular weight is 141 g/mol. The Morgan fingerprint density at radius 2 is 2.30 bits per heavy atom. The fourth-order valence-corrected chi connectivity index (χ4v) is 0.716. The van der Waals surface area contributed by atoms with Crippen molar-refractivity contribution < 1.29 is 4.52 Å². The van der Waals surface area contributed by atoms with Crippen LogP contribution in [0.3, 0.4) is 0 Å². The van der Waals surface area contributed by atoms with Crippen LogP contribution in [0.25, 0.3) is 0 Å². The van der Waals surface area contributed by atoms with Crippen molar-refractivity contribution >= 4 is 6.01 Å². The molecule has 1 heterocycles. The molecule has 1 aromatic heterocycles. The molecular formula is C6H11N3O. The molecule has 1 aromatic rings. The molecule has 10 heavy (non-hydrogen) atoms. The van der Waals surface area contributed by atoms with Gasteiger partial charge >= 0.3 is 6.01 Å². The second-order valence-electron chi connectivity index (χ2n) is 2.65. The molecule has 0 saturated heterocycles. The van der Waals surface area contributed by atoms with Crippen LogP contribution in [0.1, 0.15) is 19.7 Å². The molecule has 56 valence electrons. The third-order valence-electron chi connectivity index (χ3n) is 1.07. The first-order valence-corrected chi connectivity index (χ1v) is 3.26. The number of anilines is 1. The van der Waals surface area contributed by atoms with E-state index in [1.54, 1.807) is 0 Å². The van der Waals surface area contributed by atoms with Crippen molar-refractivity contribution in [2.75, 3.05) is 5.73 Å². The summed E-state index contributed by atoms with van der Waals surface area (Å²) in [5.74, 6) is 1.23. The number of hydrogen-bond donors (Lipinski definition) is 1. The van der Waals surface area contributed by atoms with Gasteiger partial charge in [-0.25, -0.2) is 0 Å². The molecule has 0 radical (unpaired) electrons. The van der Waals surface area contributed by atoms with E-state index in [2.05, 4.69) is 28.5 Å². The first kappa shape index (κ1) is 7.05. The van der Waals surface area contributed by atoms with Gasteiger partial charge in [0.2, 0.25) is 0 Å². The fraction of sp³-hybridized carbons (Fsp3) is 0.667. The average Bonchev–Trinajstić information content (AvgIpc) is 2.13. The Morgan fingerprint density at radius 1 is 1.60 bits per heavy atom. The normalized spacial score (nSPS) is 10.7. The number of nitrogens with two attached hydrogens (primary N) is 1. The summed E-state index contributed by atoms with van der Waals surface area (Å²) in [7, 11) is 0. The zero-order valence-electron chi connectivity index (χ0n) is 6.16. The smallest absolute Gasteiger partial charge is 0.318 e. The Balaban J connectivity index is 2.58. The van der Waals surface area contributed by atoms with Crippen molar-refractivity contribution in [1.82, 2.24) is 10.1 Å². The topological polar surface area (TPSA) is 64.9 Å². The van der Waals surface area contributed by atoms with E-state index in [1.807, 2.05) is 0 Å². The summed E-state index contributed by atoms with van der Waals surface area (Å²) < 4.78 is 4.58. The van der Waals surface area contributed by atoms with Gasteiger partial charge in [0, 0.05) is 6.42 Å². The Bertz CT molecular complexity index is 207. The third kappa shape index (κ3) is 1.72. The van der Waals surface area contributed by atoms with Gasteiger partial charge in [0.05, 0.1) is 0 Å². The van der Waals surface area contributed by atoms with Crippen LogP contribution in [0.2, 0.25) is 0 Å². The molecule has 0 aromatic carbocycles. The van der Waals surface area contributed by atoms with E-state index in [9.17, 15) is 0 Å². The van der Waals surface area contributed by atoms with Crippen molar-refractivity contribution in [2.24, 2.45) is 5.92 Å². The third-order valence-corrected chi connectivity index (χ3v) is 1.07. The molecule has 0 amide bonds. The van der Waals surface area contributed by atoms with Gasteiger partial charge in [-0.1, -0.05) is 19.0 Å². The maximum absolute atomic E-state index is 5.21. The van der Waals surface area contributed by atoms with E-state index in [4.69, 9.17) is 5.73 Å². The van der Waals surface area contributed by atoms with Crippen LogP contribution < -0.4 is 5.73 Å². The van der Waals surface area contributed by atoms with E-state index in [1.165, 1.54) is 0 Å². The highest BCUT2D eigenvalue weighted by Gasteiger charge is 2.03. The maximum Gasteiger partial charge on any atom is 0.318 e. The molecule has 0 aliphatic carbocycles. The van der Waals surface area contributed by atoms with E-state index in [0.29, 0.717) is 11.7 Å². The number of hydrogen-bond acceptors (Lipinski definition) is 4. The molecule has 0 aliphatic rings. The van der Waals surface area contributed by atoms with E-state index < -0.39 is 0 Å². The summed E-state index contributed by atoms with van der Waals surface area (Å²) >= 11 is 0. The van der Waals surface area contributed by atoms with Gasteiger partial charge in [-0.3, -0.25) is 0 Å². The molecule has 0 aliphatic heterocycles. The summed E-state index contributed by atoms with van der Waals surface area (Å²) in [5, 5.41) is 3.64. The minimum absolute atomic E-state index is 0.149. The standard InChI is InChI=1S/C6H11N3O/c1-4(2)3-5-8-6(7)10-9-5/h4H,3H2,1-2H3,(H2,7,8,9). The van der Waals surface area contributed by atoms with Crippen LogP contribution in [0, 0.1) is 5.92 Å². The second kappa shape index (κ2) is 2.68. The van der Waals surface area contributed by atoms with E-state index >= 15 is 0 Å². The quantitative estimate of drug-likeness (QED) is 0.663. The van der Waals surface area contributed by atoms with Crippen molar-refractivity contribution in [2.45, 2.75) is 20.3 Å². The minimum Gasteiger partial charge on any atom is -0.351 e. The van der Waals surface area contributed by atoms with Gasteiger partial charge < -0.3 is 10.3 Å². The Morgan fingerprint density at radius 3 is 2.70 bits per heavy atom. The molecule has 0 bridgehead atoms. The first-order valence-electron chi connectivity index (χ1n) is 3.26. The summed E-state index contributed by atoms with van der Waals surface area (Å²) in [5.41, 5.74) is 5.21. The van der Waals surface area contributed by atoms with Gasteiger partial charge in [-0.15, -0.1) is 0 Å². The number of nitrogen functional groups attached to an aromatic ring is 1. The molecule has 0 unspecified atom stereocenters. The SMILES string of the molecule is CC(C)Cc1noc(N)n1. The van der Waals surface area contributed by atoms with Crippen molar-refractivity contribution in [3.63, 3.8) is 0 Å². The van der Waals surface area contributed by atoms with Crippen molar-refractivity contribution in [3.8, 4) is 0 Å². The molecule has 4 heteroatoms. The van der Waals surface area contributed by atoms with Crippen LogP contribution >= 0.6 is 0 Å². The Kier molecular flexibility index (Phi) is 1.89. The monoisotopic (exact) mass is 141 g/mol. The van der Waals surface area contributed by atoms with Gasteiger partial charge in [0.25, 0.3) is 0 Å². The zero-order chi connectivity index (χ0) is 7.56. The molecular weight excluding hydrogens is 130 g/mol. The van der Waals surface area contributed by atoms with Gasteiger partial charge in [-0.2, -0.15) is 4.98 Å². The van der Waals surface area contributed by atoms with Crippen LogP contribution in [0.5, 0.6) is 0 Å². The molecule has 0 spiro atoms. The summed E-state index contributed by atoms with van der Waals surface area (Å²) in [6, 6.07) is 0.149. The molecule has 0 atom stereocenters. The number of aromatic nitrogens is 2. The minimum atomic E-state index is 0.149. The van der Waals surface area contributed by atoms with Gasteiger partial charge in [0.1, 0.15) is 0 Å². The molecule has 0 fully saturated rings. The van der Waals surface area contributed by atoms with Crippen molar-refractivity contribution in [3.05, 3.63) is 5.82 Å². The predicted molar refractivity (Wildman–Crippen MR) is 37.3 cm³/mol. The lowest BCUT2D eigenvalue weighted by Gasteiger charge is -1.95. The first-order chi connectivity index (χ1) is 4.68. The molecule has 0 saturated carbocycles. The summed E-state index contributed by atoms with van der Waals surface area (Å²) in [6.45, 7) is 4.18. The summed E-state index contributed by atoms with van der Waals surface area (Å²) in [6.07, 6.45) is 0.820. The van der Waals surface area contributed by atoms with Crippen LogP contribution in [-0.4, -0.2) is 10.1 Å². The number of nitrogens with zero attached hydrogens (tertiary/aromatic N) is 2. The highest BCUT2D eigenvalue weighted by molar-refractivity contribution is 5.07. The highest BCUT2D eigenvalue weighted by Crippen LogP contribution is 2.04. The Hall–Kier alpha value is -1.06. The lowest BCUT2D eigenvalue weighted by molar-refractivity contribution is 0.421. The second-order valence-corrected chi connectivity index (χ2v) is 2.65. The van der Waals surface area contributed by atoms with Gasteiger partial charge in [0.15, 0.2) is 5.82 Å². The molecule has 4 nitrogen and oxygen atoms in total. The van der Waals surface area contributed by atoms with E-state index in [0.717, 1.165) is 6.42 Å². The Labute approximate surface area is 59.4 Å². The summed E-state index contributed by atoms with van der Waals surface area (Å²) in [4.78, 5) is 3.85. The maximum atomic E-state index is 5.21. The van der Waals surface area contributed by atoms with Crippen LogP contribution in [-0.2, 0) is 6.42 Å². The molecule has 2 N–H and O–H groups in total. The van der Waals surface area contributed by atoms with Crippen LogP contribution in [0.15, 0.2) is 4.52 Å². The fourth-order valence-electron chi connectivity index (χ4n) is 0.716. The predicted octanol–water partition coefficient (Wildman–Crippen LogP) is 0.850. The van der Waals surface area contributed by atoms with E-state index in [-0.39, 0.29) is 6.01 Å². The molecule has 1 rings (SSSR count). The van der Waals surface area contributed by atoms with Gasteiger partial charge in [-0.05, 0) is 5.92 Å².